The molecule has 0 aromatic heterocycles. The summed E-state index contributed by atoms with van der Waals surface area (Å²) in [5, 5.41) is -0.415. The number of ether oxygens (including phenoxy) is 1. The molecule has 0 amide bonds. The Bertz CT molecular complexity index is 364. The summed E-state index contributed by atoms with van der Waals surface area (Å²) in [6, 6.07) is 6.69. The summed E-state index contributed by atoms with van der Waals surface area (Å²) in [6.07, 6.45) is -6.20. The average molecular weight is 234 g/mol. The van der Waals surface area contributed by atoms with Crippen LogP contribution in [-0.4, -0.2) is 12.3 Å². The van der Waals surface area contributed by atoms with Gasteiger partial charge >= 0.3 is 6.18 Å². The van der Waals surface area contributed by atoms with Crippen molar-refractivity contribution in [3.63, 3.8) is 0 Å². The maximum Gasteiger partial charge on any atom is 0.425 e. The summed E-state index contributed by atoms with van der Waals surface area (Å²) >= 11 is 4.15. The van der Waals surface area contributed by atoms with Crippen molar-refractivity contribution >= 4 is 12.6 Å². The van der Waals surface area contributed by atoms with E-state index in [-0.39, 0.29) is 12.2 Å². The van der Waals surface area contributed by atoms with Crippen LogP contribution in [0.1, 0.15) is 17.2 Å². The van der Waals surface area contributed by atoms with Gasteiger partial charge in [-0.25, -0.2) is 0 Å². The highest BCUT2D eigenvalue weighted by atomic mass is 32.1. The molecule has 2 rings (SSSR count). The van der Waals surface area contributed by atoms with E-state index in [4.69, 9.17) is 4.74 Å². The van der Waals surface area contributed by atoms with Crippen molar-refractivity contribution < 1.29 is 17.9 Å². The number of halogens is 3. The number of rotatable bonds is 0. The van der Waals surface area contributed by atoms with Crippen molar-refractivity contribution in [2.75, 3.05) is 0 Å². The van der Waals surface area contributed by atoms with Crippen LogP contribution < -0.4 is 4.74 Å². The number of benzene rings is 1. The van der Waals surface area contributed by atoms with E-state index in [0.717, 1.165) is 5.56 Å². The molecule has 15 heavy (non-hydrogen) atoms. The number of fused-ring (bicyclic) bond motifs is 1. The van der Waals surface area contributed by atoms with Gasteiger partial charge in [-0.05, 0) is 6.07 Å². The second kappa shape index (κ2) is 3.63. The lowest BCUT2D eigenvalue weighted by Crippen LogP contribution is -2.37. The fraction of sp³-hybridized carbons (Fsp3) is 0.400. The SMILES string of the molecule is FC(F)(F)C1CC(S)c2ccccc2O1. The molecule has 1 aromatic rings. The molecule has 2 atom stereocenters. The topological polar surface area (TPSA) is 9.23 Å². The van der Waals surface area contributed by atoms with Crippen LogP contribution in [0, 0.1) is 0 Å². The molecular formula is C10H9F3OS. The lowest BCUT2D eigenvalue weighted by Gasteiger charge is -2.30. The van der Waals surface area contributed by atoms with Crippen LogP contribution >= 0.6 is 12.6 Å². The van der Waals surface area contributed by atoms with Gasteiger partial charge in [-0.1, -0.05) is 18.2 Å². The Labute approximate surface area is 90.7 Å². The molecule has 1 aliphatic heterocycles. The number of thiol groups is 1. The van der Waals surface area contributed by atoms with Crippen LogP contribution in [-0.2, 0) is 0 Å². The highest BCUT2D eigenvalue weighted by molar-refractivity contribution is 7.80. The average Bonchev–Trinajstić information content (AvgIpc) is 2.16. The van der Waals surface area contributed by atoms with E-state index in [9.17, 15) is 13.2 Å². The smallest absolute Gasteiger partial charge is 0.425 e. The molecule has 0 saturated heterocycles. The third-order valence-electron chi connectivity index (χ3n) is 2.35. The lowest BCUT2D eigenvalue weighted by atomic mass is 10.0. The van der Waals surface area contributed by atoms with E-state index in [1.807, 2.05) is 0 Å². The summed E-state index contributed by atoms with van der Waals surface area (Å²) in [5.41, 5.74) is 0.723. The van der Waals surface area contributed by atoms with Gasteiger partial charge in [0, 0.05) is 17.2 Å². The first-order chi connectivity index (χ1) is 6.98. The molecule has 0 aliphatic carbocycles. The number of para-hydroxylation sites is 1. The summed E-state index contributed by atoms with van der Waals surface area (Å²) in [6.45, 7) is 0. The minimum Gasteiger partial charge on any atom is -0.481 e. The summed E-state index contributed by atoms with van der Waals surface area (Å²) < 4.78 is 42.2. The Morgan fingerprint density at radius 1 is 1.27 bits per heavy atom. The van der Waals surface area contributed by atoms with E-state index < -0.39 is 17.5 Å². The first-order valence-electron chi connectivity index (χ1n) is 4.49. The monoisotopic (exact) mass is 234 g/mol. The maximum absolute atomic E-state index is 12.4. The molecule has 0 spiro atoms. The highest BCUT2D eigenvalue weighted by Gasteiger charge is 2.45. The Morgan fingerprint density at radius 3 is 2.60 bits per heavy atom. The van der Waals surface area contributed by atoms with Gasteiger partial charge in [0.25, 0.3) is 0 Å². The van der Waals surface area contributed by atoms with E-state index in [0.29, 0.717) is 0 Å². The van der Waals surface area contributed by atoms with Gasteiger partial charge in [0.1, 0.15) is 5.75 Å². The first kappa shape index (κ1) is 10.7. The highest BCUT2D eigenvalue weighted by Crippen LogP contribution is 2.42. The zero-order chi connectivity index (χ0) is 11.1. The fourth-order valence-corrected chi connectivity index (χ4v) is 2.00. The van der Waals surface area contributed by atoms with Gasteiger partial charge in [0.05, 0.1) is 0 Å². The van der Waals surface area contributed by atoms with E-state index in [2.05, 4.69) is 12.6 Å². The lowest BCUT2D eigenvalue weighted by molar-refractivity contribution is -0.199. The van der Waals surface area contributed by atoms with E-state index in [1.54, 1.807) is 18.2 Å². The van der Waals surface area contributed by atoms with Crippen molar-refractivity contribution in [3.8, 4) is 5.75 Å². The maximum atomic E-state index is 12.4. The molecule has 1 nitrogen and oxygen atoms in total. The molecule has 1 heterocycles. The van der Waals surface area contributed by atoms with Crippen LogP contribution in [0.3, 0.4) is 0 Å². The van der Waals surface area contributed by atoms with E-state index in [1.165, 1.54) is 6.07 Å². The van der Waals surface area contributed by atoms with Crippen molar-refractivity contribution in [1.29, 1.82) is 0 Å². The molecule has 5 heteroatoms. The predicted molar refractivity (Wildman–Crippen MR) is 53.3 cm³/mol. The van der Waals surface area contributed by atoms with Crippen molar-refractivity contribution in [2.45, 2.75) is 24.0 Å². The zero-order valence-electron chi connectivity index (χ0n) is 7.66. The van der Waals surface area contributed by atoms with Gasteiger partial charge in [0.2, 0.25) is 0 Å². The number of hydrogen-bond donors (Lipinski definition) is 1. The Hall–Kier alpha value is -0.840. The number of alkyl halides is 3. The van der Waals surface area contributed by atoms with Crippen LogP contribution in [0.4, 0.5) is 13.2 Å². The molecule has 0 bridgehead atoms. The fourth-order valence-electron chi connectivity index (χ4n) is 1.59. The van der Waals surface area contributed by atoms with Gasteiger partial charge in [-0.15, -0.1) is 0 Å². The Balaban J connectivity index is 2.30. The van der Waals surface area contributed by atoms with Crippen LogP contribution in [0.2, 0.25) is 0 Å². The third kappa shape index (κ3) is 2.07. The van der Waals surface area contributed by atoms with Crippen LogP contribution in [0.25, 0.3) is 0 Å². The van der Waals surface area contributed by atoms with Gasteiger partial charge in [-0.3, -0.25) is 0 Å². The van der Waals surface area contributed by atoms with Gasteiger partial charge in [0.15, 0.2) is 6.10 Å². The van der Waals surface area contributed by atoms with Crippen LogP contribution in [0.15, 0.2) is 24.3 Å². The second-order valence-corrected chi connectivity index (χ2v) is 4.06. The minimum atomic E-state index is -4.32. The number of hydrogen-bond acceptors (Lipinski definition) is 2. The Morgan fingerprint density at radius 2 is 1.93 bits per heavy atom. The zero-order valence-corrected chi connectivity index (χ0v) is 8.55. The molecule has 2 unspecified atom stereocenters. The second-order valence-electron chi connectivity index (χ2n) is 3.44. The van der Waals surface area contributed by atoms with E-state index >= 15 is 0 Å². The molecule has 82 valence electrons. The van der Waals surface area contributed by atoms with Gasteiger partial charge < -0.3 is 4.74 Å². The summed E-state index contributed by atoms with van der Waals surface area (Å²) in [5.74, 6) is 0.283. The normalized spacial score (nSPS) is 25.6. The first-order valence-corrected chi connectivity index (χ1v) is 5.00. The third-order valence-corrected chi connectivity index (χ3v) is 2.84. The molecule has 0 fully saturated rings. The van der Waals surface area contributed by atoms with Crippen LogP contribution in [0.5, 0.6) is 5.75 Å². The predicted octanol–water partition coefficient (Wildman–Crippen LogP) is 3.37. The van der Waals surface area contributed by atoms with Crippen molar-refractivity contribution in [3.05, 3.63) is 29.8 Å². The molecule has 1 aromatic carbocycles. The molecular weight excluding hydrogens is 225 g/mol. The molecule has 0 saturated carbocycles. The molecule has 1 aliphatic rings. The standard InChI is InChI=1S/C10H9F3OS/c11-10(12,13)9-5-8(15)6-3-1-2-4-7(6)14-9/h1-4,8-9,15H,5H2. The van der Waals surface area contributed by atoms with Gasteiger partial charge in [-0.2, -0.15) is 25.8 Å². The minimum absolute atomic E-state index is 0.135. The molecule has 0 radical (unpaired) electrons. The summed E-state index contributed by atoms with van der Waals surface area (Å²) in [7, 11) is 0. The molecule has 0 N–H and O–H groups in total. The van der Waals surface area contributed by atoms with Crippen molar-refractivity contribution in [1.82, 2.24) is 0 Å². The Kier molecular flexibility index (Phi) is 2.58. The summed E-state index contributed by atoms with van der Waals surface area (Å²) in [4.78, 5) is 0. The quantitative estimate of drug-likeness (QED) is 0.677. The largest absolute Gasteiger partial charge is 0.481 e. The van der Waals surface area contributed by atoms with Crippen molar-refractivity contribution in [2.24, 2.45) is 0 Å².